The summed E-state index contributed by atoms with van der Waals surface area (Å²) in [6.07, 6.45) is 3.25. The highest BCUT2D eigenvalue weighted by molar-refractivity contribution is 5.97. The third-order valence-corrected chi connectivity index (χ3v) is 4.67. The van der Waals surface area contributed by atoms with Crippen LogP contribution >= 0.6 is 0 Å². The second kappa shape index (κ2) is 10.5. The highest BCUT2D eigenvalue weighted by Crippen LogP contribution is 2.36. The van der Waals surface area contributed by atoms with Crippen molar-refractivity contribution in [3.63, 3.8) is 0 Å². The van der Waals surface area contributed by atoms with E-state index in [0.29, 0.717) is 42.6 Å². The number of ether oxygens (including phenoxy) is 1. The van der Waals surface area contributed by atoms with Crippen LogP contribution in [0.25, 0.3) is 0 Å². The highest BCUT2D eigenvalue weighted by Gasteiger charge is 2.20. The Morgan fingerprint density at radius 1 is 1.07 bits per heavy atom. The van der Waals surface area contributed by atoms with Gasteiger partial charge in [-0.3, -0.25) is 9.59 Å². The average molecular weight is 384 g/mol. The van der Waals surface area contributed by atoms with Gasteiger partial charge in [0.15, 0.2) is 5.78 Å². The number of ketones is 1. The maximum Gasteiger partial charge on any atom is 0.303 e. The minimum absolute atomic E-state index is 0.00969. The number of carbonyl (C=O) groups is 2. The van der Waals surface area contributed by atoms with E-state index >= 15 is 0 Å². The number of carbonyl (C=O) groups excluding carboxylic acids is 1. The number of rotatable bonds is 11. The Morgan fingerprint density at radius 2 is 1.79 bits per heavy atom. The number of benzene rings is 2. The fourth-order valence-corrected chi connectivity index (χ4v) is 3.22. The molecule has 0 amide bonds. The lowest BCUT2D eigenvalue weighted by Crippen LogP contribution is -2.10. The summed E-state index contributed by atoms with van der Waals surface area (Å²) in [7, 11) is 0. The largest absolute Gasteiger partial charge is 0.507 e. The molecule has 2 N–H and O–H groups in total. The second-order valence-corrected chi connectivity index (χ2v) is 6.90. The summed E-state index contributed by atoms with van der Waals surface area (Å²) >= 11 is 0. The van der Waals surface area contributed by atoms with Crippen molar-refractivity contribution in [2.24, 2.45) is 0 Å². The summed E-state index contributed by atoms with van der Waals surface area (Å²) < 4.78 is 6.29. The molecule has 28 heavy (non-hydrogen) atoms. The predicted molar refractivity (Wildman–Crippen MR) is 108 cm³/mol. The first-order chi connectivity index (χ1) is 13.4. The topological polar surface area (TPSA) is 83.8 Å². The molecule has 0 aliphatic heterocycles. The van der Waals surface area contributed by atoms with Crippen molar-refractivity contribution in [2.75, 3.05) is 0 Å². The number of phenolic OH excluding ortho intramolecular Hbond substituents is 1. The van der Waals surface area contributed by atoms with Gasteiger partial charge in [0.2, 0.25) is 0 Å². The van der Waals surface area contributed by atoms with Crippen molar-refractivity contribution in [3.05, 3.63) is 59.2 Å². The molecule has 0 heterocycles. The molecule has 0 aliphatic rings. The van der Waals surface area contributed by atoms with E-state index in [9.17, 15) is 14.7 Å². The zero-order chi connectivity index (χ0) is 20.5. The Morgan fingerprint density at radius 3 is 2.39 bits per heavy atom. The number of Topliss-reactive ketones (excluding diaryl/α,β-unsaturated/α-hetero) is 1. The van der Waals surface area contributed by atoms with Gasteiger partial charge in [0.1, 0.15) is 17.6 Å². The summed E-state index contributed by atoms with van der Waals surface area (Å²) in [5.74, 6) is -0.428. The molecule has 0 radical (unpaired) electrons. The Labute approximate surface area is 166 Å². The van der Waals surface area contributed by atoms with Crippen LogP contribution in [-0.4, -0.2) is 22.0 Å². The lowest BCUT2D eigenvalue weighted by atomic mass is 10.00. The molecule has 0 fully saturated rings. The Balaban J connectivity index is 2.28. The molecular weight excluding hydrogens is 356 g/mol. The molecule has 1 unspecified atom stereocenters. The summed E-state index contributed by atoms with van der Waals surface area (Å²) in [6.45, 7) is 3.44. The van der Waals surface area contributed by atoms with Gasteiger partial charge in [0, 0.05) is 12.0 Å². The van der Waals surface area contributed by atoms with E-state index in [1.807, 2.05) is 37.3 Å². The molecule has 0 spiro atoms. The molecule has 0 aliphatic carbocycles. The summed E-state index contributed by atoms with van der Waals surface area (Å²) in [6, 6.07) is 13.1. The Bertz CT molecular complexity index is 798. The third kappa shape index (κ3) is 5.84. The van der Waals surface area contributed by atoms with Gasteiger partial charge in [-0.05, 0) is 50.3 Å². The third-order valence-electron chi connectivity index (χ3n) is 4.67. The minimum Gasteiger partial charge on any atom is -0.507 e. The summed E-state index contributed by atoms with van der Waals surface area (Å²) in [5, 5.41) is 19.4. The van der Waals surface area contributed by atoms with Gasteiger partial charge in [0.05, 0.1) is 5.56 Å². The molecule has 2 aromatic carbocycles. The first-order valence-corrected chi connectivity index (χ1v) is 9.73. The van der Waals surface area contributed by atoms with Gasteiger partial charge >= 0.3 is 5.97 Å². The Kier molecular flexibility index (Phi) is 8.05. The zero-order valence-electron chi connectivity index (χ0n) is 16.5. The molecule has 0 bridgehead atoms. The number of hydrogen-bond acceptors (Lipinski definition) is 4. The van der Waals surface area contributed by atoms with E-state index in [4.69, 9.17) is 9.84 Å². The van der Waals surface area contributed by atoms with E-state index in [1.165, 1.54) is 6.92 Å². The van der Waals surface area contributed by atoms with Crippen molar-refractivity contribution in [1.29, 1.82) is 0 Å². The molecule has 1 atom stereocenters. The fraction of sp³-hybridized carbons (Fsp3) is 0.391. The van der Waals surface area contributed by atoms with Crippen LogP contribution < -0.4 is 4.74 Å². The van der Waals surface area contributed by atoms with Crippen molar-refractivity contribution in [1.82, 2.24) is 0 Å². The standard InChI is InChI=1S/C23H28O5/c1-3-9-19-21(15-14-18(16(2)24)23(19)27)28-20(12-7-8-13-22(25)26)17-10-5-4-6-11-17/h4-6,10-11,14-15,20,27H,3,7-9,12-13H2,1-2H3,(H,25,26). The molecule has 150 valence electrons. The van der Waals surface area contributed by atoms with Gasteiger partial charge in [-0.2, -0.15) is 0 Å². The summed E-state index contributed by atoms with van der Waals surface area (Å²) in [4.78, 5) is 22.5. The molecule has 5 heteroatoms. The van der Waals surface area contributed by atoms with E-state index in [2.05, 4.69) is 0 Å². The predicted octanol–water partition coefficient (Wildman–Crippen LogP) is 5.31. The van der Waals surface area contributed by atoms with Crippen LogP contribution in [0.1, 0.15) is 73.5 Å². The van der Waals surface area contributed by atoms with Crippen LogP contribution in [0, 0.1) is 0 Å². The maximum atomic E-state index is 11.8. The molecule has 0 aromatic heterocycles. The number of carboxylic acids is 1. The molecule has 2 aromatic rings. The number of aromatic hydroxyl groups is 1. The summed E-state index contributed by atoms with van der Waals surface area (Å²) in [5.41, 5.74) is 1.94. The molecule has 0 saturated heterocycles. The zero-order valence-corrected chi connectivity index (χ0v) is 16.5. The minimum atomic E-state index is -0.799. The molecular formula is C23H28O5. The van der Waals surface area contributed by atoms with E-state index in [-0.39, 0.29) is 24.1 Å². The lowest BCUT2D eigenvalue weighted by Gasteiger charge is -2.22. The monoisotopic (exact) mass is 384 g/mol. The maximum absolute atomic E-state index is 11.8. The van der Waals surface area contributed by atoms with Gasteiger partial charge in [-0.15, -0.1) is 0 Å². The molecule has 2 rings (SSSR count). The van der Waals surface area contributed by atoms with Crippen LogP contribution in [0.4, 0.5) is 0 Å². The van der Waals surface area contributed by atoms with E-state index < -0.39 is 5.97 Å². The Hall–Kier alpha value is -2.82. The second-order valence-electron chi connectivity index (χ2n) is 6.90. The van der Waals surface area contributed by atoms with Crippen molar-refractivity contribution >= 4 is 11.8 Å². The van der Waals surface area contributed by atoms with Gasteiger partial charge in [-0.25, -0.2) is 0 Å². The number of aliphatic carboxylic acids is 1. The lowest BCUT2D eigenvalue weighted by molar-refractivity contribution is -0.137. The van der Waals surface area contributed by atoms with Gasteiger partial charge < -0.3 is 14.9 Å². The fourth-order valence-electron chi connectivity index (χ4n) is 3.22. The highest BCUT2D eigenvalue weighted by atomic mass is 16.5. The first kappa shape index (κ1) is 21.5. The number of unbranched alkanes of at least 4 members (excludes halogenated alkanes) is 1. The molecule has 0 saturated carbocycles. The number of phenols is 1. The first-order valence-electron chi connectivity index (χ1n) is 9.73. The van der Waals surface area contributed by atoms with Crippen LogP contribution in [0.5, 0.6) is 11.5 Å². The van der Waals surface area contributed by atoms with E-state index in [0.717, 1.165) is 12.0 Å². The smallest absolute Gasteiger partial charge is 0.303 e. The number of hydrogen-bond donors (Lipinski definition) is 2. The normalized spacial score (nSPS) is 11.8. The average Bonchev–Trinajstić information content (AvgIpc) is 2.67. The van der Waals surface area contributed by atoms with Crippen molar-refractivity contribution < 1.29 is 24.5 Å². The SMILES string of the molecule is CCCc1c(OC(CCCCC(=O)O)c2ccccc2)ccc(C(C)=O)c1O. The van der Waals surface area contributed by atoms with Crippen molar-refractivity contribution in [3.8, 4) is 11.5 Å². The van der Waals surface area contributed by atoms with Crippen LogP contribution in [-0.2, 0) is 11.2 Å². The molecule has 5 nitrogen and oxygen atoms in total. The van der Waals surface area contributed by atoms with Gasteiger partial charge in [-0.1, -0.05) is 43.7 Å². The van der Waals surface area contributed by atoms with Crippen LogP contribution in [0.15, 0.2) is 42.5 Å². The van der Waals surface area contributed by atoms with Crippen LogP contribution in [0.2, 0.25) is 0 Å². The number of carboxylic acid groups (broad SMARTS) is 1. The van der Waals surface area contributed by atoms with E-state index in [1.54, 1.807) is 12.1 Å². The van der Waals surface area contributed by atoms with Gasteiger partial charge in [0.25, 0.3) is 0 Å². The van der Waals surface area contributed by atoms with Crippen molar-refractivity contribution in [2.45, 2.75) is 58.5 Å². The van der Waals surface area contributed by atoms with Crippen LogP contribution in [0.3, 0.4) is 0 Å². The quantitative estimate of drug-likeness (QED) is 0.405.